The minimum Gasteiger partial charge on any atom is -0.481 e. The van der Waals surface area contributed by atoms with Gasteiger partial charge in [0, 0.05) is 29.9 Å². The average molecular weight is 505 g/mol. The molecule has 2 rings (SSSR count). The summed E-state index contributed by atoms with van der Waals surface area (Å²) in [5.41, 5.74) is 11.8. The lowest BCUT2D eigenvalue weighted by molar-refractivity contribution is -0.147. The zero-order valence-electron chi connectivity index (χ0n) is 19.2. The van der Waals surface area contributed by atoms with E-state index in [0.717, 1.165) is 10.9 Å². The van der Waals surface area contributed by atoms with Gasteiger partial charge in [-0.2, -0.15) is 0 Å². The van der Waals surface area contributed by atoms with Crippen LogP contribution >= 0.6 is 0 Å². The number of fused-ring (bicyclic) bond motifs is 1. The molecule has 1 heterocycles. The second-order valence-corrected chi connectivity index (χ2v) is 7.95. The number of nitrogens with two attached hydrogens (primary N) is 2. The van der Waals surface area contributed by atoms with Gasteiger partial charge in [0.05, 0.1) is 13.0 Å². The summed E-state index contributed by atoms with van der Waals surface area (Å²) in [6.07, 6.45) is 0.202. The van der Waals surface area contributed by atoms with Gasteiger partial charge in [-0.05, 0) is 18.1 Å². The van der Waals surface area contributed by atoms with E-state index in [2.05, 4.69) is 20.9 Å². The quantitative estimate of drug-likeness (QED) is 0.141. The number of para-hydroxylation sites is 1. The third-order valence-corrected chi connectivity index (χ3v) is 5.24. The van der Waals surface area contributed by atoms with Crippen molar-refractivity contribution < 1.29 is 39.0 Å². The normalized spacial score (nSPS) is 13.2. The fourth-order valence-corrected chi connectivity index (χ4v) is 3.46. The van der Waals surface area contributed by atoms with E-state index in [4.69, 9.17) is 16.6 Å². The number of nitrogens with one attached hydrogen (secondary N) is 4. The molecule has 0 aliphatic carbocycles. The number of amides is 4. The zero-order valence-corrected chi connectivity index (χ0v) is 19.2. The first-order valence-electron chi connectivity index (χ1n) is 10.9. The van der Waals surface area contributed by atoms with E-state index in [-0.39, 0.29) is 19.3 Å². The van der Waals surface area contributed by atoms with E-state index < -0.39 is 66.7 Å². The van der Waals surface area contributed by atoms with Gasteiger partial charge in [-0.15, -0.1) is 0 Å². The average Bonchev–Trinajstić information content (AvgIpc) is 3.22. The Bertz CT molecular complexity index is 1150. The second-order valence-electron chi connectivity index (χ2n) is 7.95. The van der Waals surface area contributed by atoms with Crippen LogP contribution < -0.4 is 27.4 Å². The van der Waals surface area contributed by atoms with Crippen molar-refractivity contribution in [2.75, 3.05) is 6.54 Å². The van der Waals surface area contributed by atoms with Crippen molar-refractivity contribution in [1.82, 2.24) is 20.9 Å². The molecule has 0 saturated heterocycles. The van der Waals surface area contributed by atoms with Crippen LogP contribution in [0.15, 0.2) is 30.5 Å². The van der Waals surface area contributed by atoms with E-state index in [1.807, 2.05) is 0 Å². The fourth-order valence-electron chi connectivity index (χ4n) is 3.46. The first kappa shape index (κ1) is 27.8. The maximum absolute atomic E-state index is 13.0. The molecule has 1 aromatic carbocycles. The van der Waals surface area contributed by atoms with E-state index in [1.54, 1.807) is 30.5 Å². The number of hydrogen-bond acceptors (Lipinski definition) is 7. The molecule has 0 aliphatic rings. The summed E-state index contributed by atoms with van der Waals surface area (Å²) in [5, 5.41) is 25.9. The molecule has 0 fully saturated rings. The highest BCUT2D eigenvalue weighted by Crippen LogP contribution is 2.19. The number of H-pyrrole nitrogens is 1. The summed E-state index contributed by atoms with van der Waals surface area (Å²) in [4.78, 5) is 74.5. The Morgan fingerprint density at radius 2 is 1.56 bits per heavy atom. The molecule has 14 nitrogen and oxygen atoms in total. The summed E-state index contributed by atoms with van der Waals surface area (Å²) in [5.74, 6) is -6.23. The SMILES string of the molecule is NCC(=O)NC(CCC(N)=O)C(=O)NC(Cc1c[nH]c2ccccc12)C(=O)NC(CC(=O)O)C(=O)O. The van der Waals surface area contributed by atoms with Gasteiger partial charge in [-0.3, -0.25) is 24.0 Å². The van der Waals surface area contributed by atoms with Crippen molar-refractivity contribution in [2.45, 2.75) is 43.8 Å². The van der Waals surface area contributed by atoms with E-state index in [1.165, 1.54) is 0 Å². The lowest BCUT2D eigenvalue weighted by Gasteiger charge is -2.24. The monoisotopic (exact) mass is 504 g/mol. The predicted octanol–water partition coefficient (Wildman–Crippen LogP) is -2.05. The number of carbonyl (C=O) groups is 6. The lowest BCUT2D eigenvalue weighted by atomic mass is 10.0. The third kappa shape index (κ3) is 8.09. The number of rotatable bonds is 14. The van der Waals surface area contributed by atoms with Crippen LogP contribution in [0.25, 0.3) is 10.9 Å². The van der Waals surface area contributed by atoms with Crippen LogP contribution in [0.5, 0.6) is 0 Å². The molecule has 4 amide bonds. The van der Waals surface area contributed by atoms with E-state index >= 15 is 0 Å². The number of carbonyl (C=O) groups excluding carboxylic acids is 4. The Morgan fingerprint density at radius 3 is 2.17 bits per heavy atom. The Kier molecular flexibility index (Phi) is 9.92. The Morgan fingerprint density at radius 1 is 0.917 bits per heavy atom. The standard InChI is InChI=1S/C22H28N6O8/c23-9-18(30)26-14(5-6-17(24)29)20(33)27-15(21(34)28-16(22(35)36)8-19(31)32)7-11-10-25-13-4-2-1-3-12(11)13/h1-4,10,14-16,25H,5-9,23H2,(H2,24,29)(H,26,30)(H,27,33)(H,28,34)(H,31,32)(H,35,36). The highest BCUT2D eigenvalue weighted by atomic mass is 16.4. The summed E-state index contributed by atoms with van der Waals surface area (Å²) < 4.78 is 0. The Balaban J connectivity index is 2.32. The van der Waals surface area contributed by atoms with Gasteiger partial charge >= 0.3 is 11.9 Å². The molecule has 36 heavy (non-hydrogen) atoms. The molecule has 0 bridgehead atoms. The molecule has 3 atom stereocenters. The van der Waals surface area contributed by atoms with Crippen molar-refractivity contribution in [3.05, 3.63) is 36.0 Å². The molecule has 10 N–H and O–H groups in total. The highest BCUT2D eigenvalue weighted by Gasteiger charge is 2.31. The van der Waals surface area contributed by atoms with Gasteiger partial charge in [0.2, 0.25) is 23.6 Å². The van der Waals surface area contributed by atoms with Gasteiger partial charge in [-0.25, -0.2) is 4.79 Å². The molecule has 0 radical (unpaired) electrons. The minimum absolute atomic E-state index is 0.103. The third-order valence-electron chi connectivity index (χ3n) is 5.24. The highest BCUT2D eigenvalue weighted by molar-refractivity contribution is 5.95. The number of carboxylic acids is 2. The molecule has 14 heteroatoms. The van der Waals surface area contributed by atoms with Crippen LogP contribution in [-0.2, 0) is 35.2 Å². The second kappa shape index (κ2) is 12.9. The minimum atomic E-state index is -1.75. The zero-order chi connectivity index (χ0) is 26.8. The van der Waals surface area contributed by atoms with Crippen molar-refractivity contribution in [3.8, 4) is 0 Å². The largest absolute Gasteiger partial charge is 0.481 e. The number of primary amides is 1. The summed E-state index contributed by atoms with van der Waals surface area (Å²) in [6, 6.07) is 2.76. The van der Waals surface area contributed by atoms with Crippen LogP contribution in [0.3, 0.4) is 0 Å². The molecular formula is C22H28N6O8. The van der Waals surface area contributed by atoms with Gasteiger partial charge in [0.25, 0.3) is 0 Å². The van der Waals surface area contributed by atoms with Gasteiger partial charge in [0.1, 0.15) is 18.1 Å². The number of benzene rings is 1. The Labute approximate surface area is 204 Å². The van der Waals surface area contributed by atoms with Crippen molar-refractivity contribution in [1.29, 1.82) is 0 Å². The molecule has 0 saturated carbocycles. The Hall–Kier alpha value is -4.46. The molecule has 3 unspecified atom stereocenters. The maximum Gasteiger partial charge on any atom is 0.326 e. The van der Waals surface area contributed by atoms with Gasteiger partial charge in [-0.1, -0.05) is 18.2 Å². The number of carboxylic acid groups (broad SMARTS) is 2. The van der Waals surface area contributed by atoms with E-state index in [0.29, 0.717) is 5.56 Å². The first-order valence-corrected chi connectivity index (χ1v) is 10.9. The van der Waals surface area contributed by atoms with Crippen LogP contribution in [0.1, 0.15) is 24.8 Å². The fraction of sp³-hybridized carbons (Fsp3) is 0.364. The van der Waals surface area contributed by atoms with E-state index in [9.17, 15) is 33.9 Å². The molecule has 0 aliphatic heterocycles. The first-order chi connectivity index (χ1) is 17.0. The molecular weight excluding hydrogens is 476 g/mol. The summed E-state index contributed by atoms with van der Waals surface area (Å²) in [6.45, 7) is -0.435. The van der Waals surface area contributed by atoms with Crippen LogP contribution in [-0.4, -0.2) is 75.4 Å². The molecule has 194 valence electrons. The number of hydrogen-bond donors (Lipinski definition) is 8. The smallest absolute Gasteiger partial charge is 0.326 e. The number of aromatic nitrogens is 1. The summed E-state index contributed by atoms with van der Waals surface area (Å²) in [7, 11) is 0. The van der Waals surface area contributed by atoms with Crippen molar-refractivity contribution in [3.63, 3.8) is 0 Å². The summed E-state index contributed by atoms with van der Waals surface area (Å²) >= 11 is 0. The maximum atomic E-state index is 13.0. The van der Waals surface area contributed by atoms with Crippen molar-refractivity contribution in [2.24, 2.45) is 11.5 Å². The van der Waals surface area contributed by atoms with Crippen molar-refractivity contribution >= 4 is 46.5 Å². The van der Waals surface area contributed by atoms with Gasteiger partial charge < -0.3 is 42.6 Å². The predicted molar refractivity (Wildman–Crippen MR) is 125 cm³/mol. The molecule has 2 aromatic rings. The molecule has 0 spiro atoms. The topological polar surface area (TPSA) is 247 Å². The number of aliphatic carboxylic acids is 2. The van der Waals surface area contributed by atoms with Crippen LogP contribution in [0.4, 0.5) is 0 Å². The van der Waals surface area contributed by atoms with Crippen LogP contribution in [0, 0.1) is 0 Å². The van der Waals surface area contributed by atoms with Gasteiger partial charge in [0.15, 0.2) is 0 Å². The van der Waals surface area contributed by atoms with Crippen LogP contribution in [0.2, 0.25) is 0 Å². The lowest BCUT2D eigenvalue weighted by Crippen LogP contribution is -2.57. The number of aromatic amines is 1. The molecule has 1 aromatic heterocycles.